The highest BCUT2D eigenvalue weighted by molar-refractivity contribution is 9.10. The van der Waals surface area contributed by atoms with Crippen LogP contribution >= 0.6 is 15.9 Å². The first-order valence-corrected chi connectivity index (χ1v) is 5.74. The Morgan fingerprint density at radius 1 is 1.24 bits per heavy atom. The Morgan fingerprint density at radius 3 is 2.88 bits per heavy atom. The number of halogens is 1. The third-order valence-corrected chi connectivity index (χ3v) is 3.10. The average Bonchev–Trinajstić information content (AvgIpc) is 2.27. The maximum Gasteiger partial charge on any atom is 0.328 e. The van der Waals surface area contributed by atoms with Crippen LogP contribution in [0.25, 0.3) is 0 Å². The highest BCUT2D eigenvalue weighted by Gasteiger charge is 2.20. The Bertz CT molecular complexity index is 717. The zero-order chi connectivity index (χ0) is 12.0. The summed E-state index contributed by atoms with van der Waals surface area (Å²) >= 11 is 3.36. The molecule has 0 saturated carbocycles. The van der Waals surface area contributed by atoms with E-state index in [9.17, 15) is 9.59 Å². The second kappa shape index (κ2) is 3.59. The number of H-pyrrole nitrogens is 2. The Kier molecular flexibility index (Phi) is 2.19. The molecule has 2 heterocycles. The van der Waals surface area contributed by atoms with Gasteiger partial charge in [-0.3, -0.25) is 14.8 Å². The highest BCUT2D eigenvalue weighted by atomic mass is 79.9. The van der Waals surface area contributed by atoms with E-state index in [1.165, 1.54) is 0 Å². The molecule has 2 aromatic rings. The number of ether oxygens (including phenoxy) is 1. The number of aromatic nitrogens is 2. The fourth-order valence-corrected chi connectivity index (χ4v) is 2.23. The van der Waals surface area contributed by atoms with Crippen LogP contribution in [-0.4, -0.2) is 9.97 Å². The largest absolute Gasteiger partial charge is 0.440 e. The first kappa shape index (κ1) is 10.3. The van der Waals surface area contributed by atoms with Gasteiger partial charge < -0.3 is 4.74 Å². The topological polar surface area (TPSA) is 75.0 Å². The molecule has 0 spiro atoms. The van der Waals surface area contributed by atoms with Crippen LogP contribution in [0.4, 0.5) is 0 Å². The van der Waals surface area contributed by atoms with Crippen LogP contribution in [0.3, 0.4) is 0 Å². The van der Waals surface area contributed by atoms with E-state index < -0.39 is 11.2 Å². The molecule has 3 rings (SSSR count). The summed E-state index contributed by atoms with van der Waals surface area (Å²) in [6, 6.07) is 5.53. The summed E-state index contributed by atoms with van der Waals surface area (Å²) in [5.41, 5.74) is 0.378. The molecule has 86 valence electrons. The van der Waals surface area contributed by atoms with Crippen molar-refractivity contribution in [2.45, 2.75) is 6.42 Å². The van der Waals surface area contributed by atoms with E-state index in [0.717, 1.165) is 10.0 Å². The van der Waals surface area contributed by atoms with Gasteiger partial charge in [-0.05, 0) is 18.2 Å². The van der Waals surface area contributed by atoms with Gasteiger partial charge in [0.2, 0.25) is 5.88 Å². The zero-order valence-corrected chi connectivity index (χ0v) is 10.1. The van der Waals surface area contributed by atoms with Gasteiger partial charge in [0.25, 0.3) is 5.56 Å². The number of nitrogens with one attached hydrogen (secondary N) is 2. The number of fused-ring (bicyclic) bond motifs is 2. The van der Waals surface area contributed by atoms with Crippen molar-refractivity contribution >= 4 is 15.9 Å². The van der Waals surface area contributed by atoms with Crippen molar-refractivity contribution in [2.24, 2.45) is 0 Å². The van der Waals surface area contributed by atoms with Gasteiger partial charge in [-0.2, -0.15) is 0 Å². The molecule has 5 nitrogen and oxygen atoms in total. The Balaban J connectivity index is 2.20. The van der Waals surface area contributed by atoms with Crippen molar-refractivity contribution < 1.29 is 4.74 Å². The maximum absolute atomic E-state index is 11.6. The lowest BCUT2D eigenvalue weighted by Gasteiger charge is -2.18. The quantitative estimate of drug-likeness (QED) is 0.660. The molecule has 0 bridgehead atoms. The standard InChI is InChI=1S/C11H7BrN2O3/c12-6-1-2-8-5(3-6)4-7-9(15)13-11(16)14-10(7)17-8/h1-3H,4H2,(H2,13,14,15,16). The lowest BCUT2D eigenvalue weighted by Crippen LogP contribution is -2.27. The molecule has 0 amide bonds. The molecule has 0 radical (unpaired) electrons. The lowest BCUT2D eigenvalue weighted by atomic mass is 10.0. The second-order valence-corrected chi connectivity index (χ2v) is 4.66. The van der Waals surface area contributed by atoms with Crippen molar-refractivity contribution in [1.82, 2.24) is 9.97 Å². The molecule has 6 heteroatoms. The summed E-state index contributed by atoms with van der Waals surface area (Å²) in [5, 5.41) is 0. The van der Waals surface area contributed by atoms with E-state index in [0.29, 0.717) is 17.7 Å². The summed E-state index contributed by atoms with van der Waals surface area (Å²) in [6.45, 7) is 0. The van der Waals surface area contributed by atoms with Crippen molar-refractivity contribution in [3.8, 4) is 11.6 Å². The zero-order valence-electron chi connectivity index (χ0n) is 8.54. The van der Waals surface area contributed by atoms with Gasteiger partial charge in [0, 0.05) is 16.5 Å². The Hall–Kier alpha value is -1.82. The number of hydrogen-bond acceptors (Lipinski definition) is 3. The van der Waals surface area contributed by atoms with Crippen molar-refractivity contribution in [2.75, 3.05) is 0 Å². The molecule has 0 atom stereocenters. The van der Waals surface area contributed by atoms with E-state index in [1.54, 1.807) is 6.07 Å². The summed E-state index contributed by atoms with van der Waals surface area (Å²) in [7, 11) is 0. The maximum atomic E-state index is 11.6. The monoisotopic (exact) mass is 294 g/mol. The van der Waals surface area contributed by atoms with Crippen LogP contribution in [0.2, 0.25) is 0 Å². The van der Waals surface area contributed by atoms with Gasteiger partial charge in [-0.25, -0.2) is 4.79 Å². The molecule has 1 aromatic carbocycles. The summed E-state index contributed by atoms with van der Waals surface area (Å²) in [6.07, 6.45) is 0.441. The van der Waals surface area contributed by atoms with Crippen molar-refractivity contribution in [3.63, 3.8) is 0 Å². The molecule has 1 aliphatic heterocycles. The van der Waals surface area contributed by atoms with E-state index in [-0.39, 0.29) is 5.88 Å². The first-order valence-electron chi connectivity index (χ1n) is 4.95. The number of benzene rings is 1. The average molecular weight is 295 g/mol. The normalized spacial score (nSPS) is 12.5. The molecule has 0 aliphatic carbocycles. The molecule has 1 aliphatic rings. The molecule has 2 N–H and O–H groups in total. The Labute approximate surface area is 104 Å². The van der Waals surface area contributed by atoms with Gasteiger partial charge in [-0.1, -0.05) is 15.9 Å². The highest BCUT2D eigenvalue weighted by Crippen LogP contribution is 2.34. The molecule has 0 fully saturated rings. The van der Waals surface area contributed by atoms with E-state index in [4.69, 9.17) is 4.74 Å². The van der Waals surface area contributed by atoms with Crippen LogP contribution < -0.4 is 16.0 Å². The minimum absolute atomic E-state index is 0.230. The van der Waals surface area contributed by atoms with Crippen molar-refractivity contribution in [1.29, 1.82) is 0 Å². The molecular weight excluding hydrogens is 288 g/mol. The fraction of sp³-hybridized carbons (Fsp3) is 0.0909. The Morgan fingerprint density at radius 2 is 2.06 bits per heavy atom. The smallest absolute Gasteiger partial charge is 0.328 e. The van der Waals surface area contributed by atoms with Gasteiger partial charge in [0.15, 0.2) is 0 Å². The van der Waals surface area contributed by atoms with Crippen LogP contribution in [0.15, 0.2) is 32.3 Å². The molecule has 17 heavy (non-hydrogen) atoms. The third kappa shape index (κ3) is 1.70. The van der Waals surface area contributed by atoms with Gasteiger partial charge in [0.05, 0.1) is 5.56 Å². The fourth-order valence-electron chi connectivity index (χ4n) is 1.83. The summed E-state index contributed by atoms with van der Waals surface area (Å²) in [4.78, 5) is 27.4. The van der Waals surface area contributed by atoms with E-state index in [1.807, 2.05) is 12.1 Å². The molecule has 0 saturated heterocycles. The number of hydrogen-bond donors (Lipinski definition) is 2. The van der Waals surface area contributed by atoms with Gasteiger partial charge >= 0.3 is 5.69 Å². The van der Waals surface area contributed by atoms with Crippen LogP contribution in [0, 0.1) is 0 Å². The van der Waals surface area contributed by atoms with Crippen LogP contribution in [-0.2, 0) is 6.42 Å². The molecule has 1 aromatic heterocycles. The summed E-state index contributed by atoms with van der Waals surface area (Å²) < 4.78 is 6.42. The van der Waals surface area contributed by atoms with Gasteiger partial charge in [0.1, 0.15) is 5.75 Å². The molecular formula is C11H7BrN2O3. The van der Waals surface area contributed by atoms with Gasteiger partial charge in [-0.15, -0.1) is 0 Å². The number of aromatic amines is 2. The van der Waals surface area contributed by atoms with E-state index >= 15 is 0 Å². The van der Waals surface area contributed by atoms with Crippen LogP contribution in [0.1, 0.15) is 11.1 Å². The summed E-state index contributed by atoms with van der Waals surface area (Å²) in [5.74, 6) is 0.885. The molecule has 0 unspecified atom stereocenters. The lowest BCUT2D eigenvalue weighted by molar-refractivity contribution is 0.435. The van der Waals surface area contributed by atoms with Crippen LogP contribution in [0.5, 0.6) is 11.6 Å². The second-order valence-electron chi connectivity index (χ2n) is 3.75. The number of rotatable bonds is 0. The SMILES string of the molecule is O=c1[nH]c2c(c(=O)[nH]1)Cc1cc(Br)ccc1O2. The third-order valence-electron chi connectivity index (χ3n) is 2.60. The minimum atomic E-state index is -0.561. The predicted octanol–water partition coefficient (Wildman–Crippen LogP) is 1.52. The predicted molar refractivity (Wildman–Crippen MR) is 64.7 cm³/mol. The first-order chi connectivity index (χ1) is 8.13. The van der Waals surface area contributed by atoms with E-state index in [2.05, 4.69) is 25.9 Å². The van der Waals surface area contributed by atoms with Crippen molar-refractivity contribution in [3.05, 3.63) is 54.6 Å². The minimum Gasteiger partial charge on any atom is -0.440 e.